The fourth-order valence-electron chi connectivity index (χ4n) is 3.55. The Morgan fingerprint density at radius 2 is 2.00 bits per heavy atom. The first kappa shape index (κ1) is 18.9. The van der Waals surface area contributed by atoms with Crippen LogP contribution in [0.3, 0.4) is 0 Å². The maximum absolute atomic E-state index is 13.8. The molecule has 3 rings (SSSR count). The summed E-state index contributed by atoms with van der Waals surface area (Å²) in [5.74, 6) is 0.836. The van der Waals surface area contributed by atoms with E-state index in [1.54, 1.807) is 0 Å². The van der Waals surface area contributed by atoms with Gasteiger partial charge in [-0.05, 0) is 37.0 Å². The minimum Gasteiger partial charge on any atom is -0.473 e. The molecular formula is C21H28F2N2O. The van der Waals surface area contributed by atoms with Gasteiger partial charge >= 0.3 is 0 Å². The first-order chi connectivity index (χ1) is 12.6. The van der Waals surface area contributed by atoms with Crippen LogP contribution in [0.2, 0.25) is 0 Å². The fraction of sp³-hybridized carbons (Fsp3) is 0.571. The third-order valence-corrected chi connectivity index (χ3v) is 5.49. The van der Waals surface area contributed by atoms with E-state index in [0.29, 0.717) is 11.8 Å². The molecule has 1 fully saturated rings. The normalized spacial score (nSPS) is 16.2. The molecule has 1 unspecified atom stereocenters. The van der Waals surface area contributed by atoms with Crippen LogP contribution in [0.15, 0.2) is 24.3 Å². The molecule has 0 saturated heterocycles. The molecule has 1 saturated carbocycles. The van der Waals surface area contributed by atoms with Crippen LogP contribution in [0.1, 0.15) is 69.5 Å². The zero-order chi connectivity index (χ0) is 18.5. The molecular weight excluding hydrogens is 334 g/mol. The molecule has 0 spiro atoms. The smallest absolute Gasteiger partial charge is 0.212 e. The van der Waals surface area contributed by atoms with Gasteiger partial charge in [0.1, 0.15) is 18.2 Å². The molecule has 1 heterocycles. The van der Waals surface area contributed by atoms with Crippen molar-refractivity contribution in [2.75, 3.05) is 0 Å². The van der Waals surface area contributed by atoms with E-state index in [4.69, 9.17) is 9.84 Å². The van der Waals surface area contributed by atoms with Gasteiger partial charge in [-0.1, -0.05) is 39.5 Å². The molecule has 1 aromatic heterocycles. The van der Waals surface area contributed by atoms with Crippen molar-refractivity contribution >= 4 is 0 Å². The topological polar surface area (TPSA) is 27.1 Å². The third kappa shape index (κ3) is 4.63. The van der Waals surface area contributed by atoms with Crippen LogP contribution in [0.5, 0.6) is 5.88 Å². The van der Waals surface area contributed by atoms with Gasteiger partial charge in [0, 0.05) is 24.1 Å². The lowest BCUT2D eigenvalue weighted by molar-refractivity contribution is 0.262. The van der Waals surface area contributed by atoms with Gasteiger partial charge in [-0.15, -0.1) is 0 Å². The Hall–Kier alpha value is -1.91. The van der Waals surface area contributed by atoms with Crippen molar-refractivity contribution in [2.45, 2.75) is 71.4 Å². The molecule has 1 aliphatic rings. The highest BCUT2D eigenvalue weighted by atomic mass is 19.1. The van der Waals surface area contributed by atoms with Crippen LogP contribution in [-0.2, 0) is 13.2 Å². The Bertz CT molecular complexity index is 723. The lowest BCUT2D eigenvalue weighted by Crippen LogP contribution is -2.09. The highest BCUT2D eigenvalue weighted by molar-refractivity contribution is 5.22. The van der Waals surface area contributed by atoms with Crippen molar-refractivity contribution in [3.8, 4) is 5.88 Å². The second-order valence-corrected chi connectivity index (χ2v) is 7.40. The number of benzene rings is 1. The average molecular weight is 362 g/mol. The Balaban J connectivity index is 1.72. The second kappa shape index (κ2) is 8.65. The van der Waals surface area contributed by atoms with Crippen molar-refractivity contribution in [3.63, 3.8) is 0 Å². The Kier molecular flexibility index (Phi) is 6.28. The highest BCUT2D eigenvalue weighted by Crippen LogP contribution is 2.29. The van der Waals surface area contributed by atoms with E-state index in [1.165, 1.54) is 31.7 Å². The molecule has 0 N–H and O–H groups in total. The van der Waals surface area contributed by atoms with Crippen LogP contribution in [-0.4, -0.2) is 9.78 Å². The van der Waals surface area contributed by atoms with Crippen LogP contribution in [0, 0.1) is 17.6 Å². The van der Waals surface area contributed by atoms with Crippen LogP contribution in [0.25, 0.3) is 0 Å². The summed E-state index contributed by atoms with van der Waals surface area (Å²) in [5.41, 5.74) is 1.22. The zero-order valence-corrected chi connectivity index (χ0v) is 15.7. The monoisotopic (exact) mass is 362 g/mol. The first-order valence-electron chi connectivity index (χ1n) is 9.71. The molecule has 0 bridgehead atoms. The fourth-order valence-corrected chi connectivity index (χ4v) is 3.55. The van der Waals surface area contributed by atoms with Gasteiger partial charge < -0.3 is 4.74 Å². The quantitative estimate of drug-likeness (QED) is 0.590. The summed E-state index contributed by atoms with van der Waals surface area (Å²) in [6.07, 6.45) is 7.33. The van der Waals surface area contributed by atoms with E-state index in [0.717, 1.165) is 43.1 Å². The summed E-state index contributed by atoms with van der Waals surface area (Å²) in [6, 6.07) is 5.38. The van der Waals surface area contributed by atoms with Crippen molar-refractivity contribution in [2.24, 2.45) is 5.92 Å². The lowest BCUT2D eigenvalue weighted by Gasteiger charge is -2.12. The van der Waals surface area contributed by atoms with E-state index >= 15 is 0 Å². The summed E-state index contributed by atoms with van der Waals surface area (Å²) in [4.78, 5) is 0. The molecule has 26 heavy (non-hydrogen) atoms. The van der Waals surface area contributed by atoms with Crippen molar-refractivity contribution in [1.29, 1.82) is 0 Å². The molecule has 0 radical (unpaired) electrons. The summed E-state index contributed by atoms with van der Waals surface area (Å²) in [5, 5.41) is 4.72. The Morgan fingerprint density at radius 3 is 2.73 bits per heavy atom. The molecule has 1 atom stereocenters. The minimum absolute atomic E-state index is 0.00133. The SMILES string of the molecule is CCC(C)c1cc(OCc2cc(F)ccc2F)n(CCC2CCCC2)n1. The number of halogens is 2. The van der Waals surface area contributed by atoms with Crippen LogP contribution in [0.4, 0.5) is 8.78 Å². The summed E-state index contributed by atoms with van der Waals surface area (Å²) in [7, 11) is 0. The lowest BCUT2D eigenvalue weighted by atomic mass is 10.0. The van der Waals surface area contributed by atoms with Crippen molar-refractivity contribution in [3.05, 3.63) is 47.2 Å². The van der Waals surface area contributed by atoms with Gasteiger partial charge in [-0.2, -0.15) is 5.10 Å². The number of rotatable bonds is 8. The predicted molar refractivity (Wildman–Crippen MR) is 98.2 cm³/mol. The molecule has 5 heteroatoms. The van der Waals surface area contributed by atoms with Crippen LogP contribution < -0.4 is 4.74 Å². The summed E-state index contributed by atoms with van der Waals surface area (Å²) in [6.45, 7) is 5.07. The average Bonchev–Trinajstić information content (AvgIpc) is 3.29. The summed E-state index contributed by atoms with van der Waals surface area (Å²) >= 11 is 0. The summed E-state index contributed by atoms with van der Waals surface area (Å²) < 4.78 is 34.9. The Morgan fingerprint density at radius 1 is 1.23 bits per heavy atom. The van der Waals surface area contributed by atoms with Gasteiger partial charge in [-0.3, -0.25) is 0 Å². The highest BCUT2D eigenvalue weighted by Gasteiger charge is 2.18. The maximum atomic E-state index is 13.8. The van der Waals surface area contributed by atoms with E-state index < -0.39 is 11.6 Å². The van der Waals surface area contributed by atoms with Crippen molar-refractivity contribution in [1.82, 2.24) is 9.78 Å². The molecule has 1 aliphatic carbocycles. The molecule has 0 amide bonds. The molecule has 142 valence electrons. The van der Waals surface area contributed by atoms with E-state index in [1.807, 2.05) is 10.7 Å². The van der Waals surface area contributed by atoms with Gasteiger partial charge in [0.05, 0.1) is 5.69 Å². The number of ether oxygens (including phenoxy) is 1. The third-order valence-electron chi connectivity index (χ3n) is 5.49. The number of aromatic nitrogens is 2. The number of aryl methyl sites for hydroxylation is 1. The number of hydrogen-bond acceptors (Lipinski definition) is 2. The molecule has 1 aromatic carbocycles. The minimum atomic E-state index is -0.458. The zero-order valence-electron chi connectivity index (χ0n) is 15.7. The number of hydrogen-bond donors (Lipinski definition) is 0. The van der Waals surface area contributed by atoms with Gasteiger partial charge in [0.15, 0.2) is 0 Å². The molecule has 3 nitrogen and oxygen atoms in total. The standard InChI is InChI=1S/C21H28F2N2O/c1-3-15(2)20-13-21(25(24-20)11-10-16-6-4-5-7-16)26-14-17-12-18(22)8-9-19(17)23/h8-9,12-13,15-16H,3-7,10-11,14H2,1-2H3. The van der Waals surface area contributed by atoms with Crippen molar-refractivity contribution < 1.29 is 13.5 Å². The molecule has 0 aliphatic heterocycles. The molecule has 2 aromatic rings. The Labute approximate surface area is 154 Å². The maximum Gasteiger partial charge on any atom is 0.212 e. The van der Waals surface area contributed by atoms with E-state index in [2.05, 4.69) is 13.8 Å². The second-order valence-electron chi connectivity index (χ2n) is 7.40. The largest absolute Gasteiger partial charge is 0.473 e. The van der Waals surface area contributed by atoms with Gasteiger partial charge in [0.2, 0.25) is 5.88 Å². The number of nitrogens with zero attached hydrogens (tertiary/aromatic N) is 2. The predicted octanol–water partition coefficient (Wildman–Crippen LogP) is 5.83. The first-order valence-corrected chi connectivity index (χ1v) is 9.71. The van der Waals surface area contributed by atoms with Gasteiger partial charge in [0.25, 0.3) is 0 Å². The van der Waals surface area contributed by atoms with E-state index in [9.17, 15) is 8.78 Å². The van der Waals surface area contributed by atoms with Crippen LogP contribution >= 0.6 is 0 Å². The van der Waals surface area contributed by atoms with Gasteiger partial charge in [-0.25, -0.2) is 13.5 Å². The van der Waals surface area contributed by atoms with E-state index in [-0.39, 0.29) is 12.2 Å².